The standard InChI is InChI=1S/C23H34N4O2S/c1-14(2)7-8-21(28)24-11-20-22(19-9-15(3)25-16(4)10-19)30-23(26-20)27-12-17(5)29-18(6)13-27/h9-10,14,17-18H,7-8,11-13H2,1-6H3,(H,24,28)/t17-,18+. The number of hydrogen-bond acceptors (Lipinski definition) is 6. The summed E-state index contributed by atoms with van der Waals surface area (Å²) in [6.45, 7) is 14.6. The van der Waals surface area contributed by atoms with Gasteiger partial charge in [-0.1, -0.05) is 25.2 Å². The fourth-order valence-corrected chi connectivity index (χ4v) is 4.90. The third-order valence-corrected chi connectivity index (χ3v) is 6.33. The van der Waals surface area contributed by atoms with Gasteiger partial charge in [0.1, 0.15) is 0 Å². The number of nitrogens with one attached hydrogen (secondary N) is 1. The molecule has 1 fully saturated rings. The molecule has 0 unspecified atom stereocenters. The van der Waals surface area contributed by atoms with Crippen molar-refractivity contribution in [3.8, 4) is 10.4 Å². The molecule has 2 aromatic rings. The molecule has 1 amide bonds. The Morgan fingerprint density at radius 1 is 1.20 bits per heavy atom. The third-order valence-electron chi connectivity index (χ3n) is 5.12. The lowest BCUT2D eigenvalue weighted by Crippen LogP contribution is -2.45. The molecule has 30 heavy (non-hydrogen) atoms. The monoisotopic (exact) mass is 430 g/mol. The van der Waals surface area contributed by atoms with Crippen LogP contribution in [0.15, 0.2) is 12.1 Å². The number of aryl methyl sites for hydroxylation is 2. The smallest absolute Gasteiger partial charge is 0.220 e. The largest absolute Gasteiger partial charge is 0.372 e. The van der Waals surface area contributed by atoms with Gasteiger partial charge in [0.05, 0.1) is 29.3 Å². The van der Waals surface area contributed by atoms with Crippen LogP contribution in [0, 0.1) is 19.8 Å². The van der Waals surface area contributed by atoms with Crippen molar-refractivity contribution in [3.63, 3.8) is 0 Å². The van der Waals surface area contributed by atoms with Gasteiger partial charge in [-0.2, -0.15) is 0 Å². The molecule has 0 aromatic carbocycles. The molecule has 7 heteroatoms. The van der Waals surface area contributed by atoms with Gasteiger partial charge in [0.15, 0.2) is 5.13 Å². The molecule has 6 nitrogen and oxygen atoms in total. The van der Waals surface area contributed by atoms with E-state index in [1.165, 1.54) is 0 Å². The number of nitrogens with zero attached hydrogens (tertiary/aromatic N) is 3. The molecule has 0 aliphatic carbocycles. The summed E-state index contributed by atoms with van der Waals surface area (Å²) in [6, 6.07) is 4.19. The minimum atomic E-state index is 0.0832. The van der Waals surface area contributed by atoms with Crippen molar-refractivity contribution < 1.29 is 9.53 Å². The van der Waals surface area contributed by atoms with Gasteiger partial charge in [-0.05, 0) is 57.7 Å². The topological polar surface area (TPSA) is 67.3 Å². The second-order valence-electron chi connectivity index (χ2n) is 8.78. The second kappa shape index (κ2) is 9.88. The van der Waals surface area contributed by atoms with Crippen LogP contribution in [-0.4, -0.2) is 41.2 Å². The Morgan fingerprint density at radius 3 is 2.43 bits per heavy atom. The highest BCUT2D eigenvalue weighted by molar-refractivity contribution is 7.19. The van der Waals surface area contributed by atoms with Crippen LogP contribution in [0.2, 0.25) is 0 Å². The normalized spacial score (nSPS) is 19.4. The summed E-state index contributed by atoms with van der Waals surface area (Å²) >= 11 is 1.69. The molecule has 1 aliphatic rings. The molecule has 164 valence electrons. The van der Waals surface area contributed by atoms with Crippen LogP contribution in [0.3, 0.4) is 0 Å². The van der Waals surface area contributed by atoms with Gasteiger partial charge >= 0.3 is 0 Å². The summed E-state index contributed by atoms with van der Waals surface area (Å²) in [5, 5.41) is 4.07. The number of morpholine rings is 1. The van der Waals surface area contributed by atoms with E-state index >= 15 is 0 Å². The van der Waals surface area contributed by atoms with Crippen LogP contribution in [0.1, 0.15) is 57.6 Å². The molecular formula is C23H34N4O2S. The number of amides is 1. The average Bonchev–Trinajstić information content (AvgIpc) is 3.07. The Hall–Kier alpha value is -1.99. The SMILES string of the molecule is Cc1cc(-c2sc(N3C[C@@H](C)O[C@@H](C)C3)nc2CNC(=O)CCC(C)C)cc(C)n1. The molecule has 1 saturated heterocycles. The molecule has 0 spiro atoms. The summed E-state index contributed by atoms with van der Waals surface area (Å²) in [5.74, 6) is 0.602. The molecule has 3 rings (SSSR count). The molecule has 3 heterocycles. The van der Waals surface area contributed by atoms with Crippen LogP contribution in [0.25, 0.3) is 10.4 Å². The molecule has 0 bridgehead atoms. The number of carbonyl (C=O) groups is 1. The van der Waals surface area contributed by atoms with Crippen molar-refractivity contribution in [2.24, 2.45) is 5.92 Å². The minimum Gasteiger partial charge on any atom is -0.372 e. The van der Waals surface area contributed by atoms with Crippen molar-refractivity contribution in [1.82, 2.24) is 15.3 Å². The van der Waals surface area contributed by atoms with Gasteiger partial charge in [0.25, 0.3) is 0 Å². The highest BCUT2D eigenvalue weighted by Gasteiger charge is 2.26. The predicted molar refractivity (Wildman–Crippen MR) is 123 cm³/mol. The van der Waals surface area contributed by atoms with Crippen LogP contribution in [0.5, 0.6) is 0 Å². The van der Waals surface area contributed by atoms with Gasteiger partial charge in [-0.25, -0.2) is 4.98 Å². The van der Waals surface area contributed by atoms with Gasteiger partial charge in [0.2, 0.25) is 5.91 Å². The van der Waals surface area contributed by atoms with Gasteiger partial charge in [-0.15, -0.1) is 0 Å². The molecule has 2 aromatic heterocycles. The van der Waals surface area contributed by atoms with Gasteiger partial charge in [-0.3, -0.25) is 9.78 Å². The van der Waals surface area contributed by atoms with E-state index in [0.29, 0.717) is 18.9 Å². The number of hydrogen-bond donors (Lipinski definition) is 1. The Kier molecular flexibility index (Phi) is 7.47. The van der Waals surface area contributed by atoms with E-state index in [9.17, 15) is 4.79 Å². The number of thiazole rings is 1. The molecule has 1 N–H and O–H groups in total. The third kappa shape index (κ3) is 6.01. The van der Waals surface area contributed by atoms with Gasteiger partial charge in [0, 0.05) is 30.9 Å². The number of anilines is 1. The summed E-state index contributed by atoms with van der Waals surface area (Å²) < 4.78 is 5.89. The van der Waals surface area contributed by atoms with E-state index in [1.54, 1.807) is 11.3 Å². The summed E-state index contributed by atoms with van der Waals surface area (Å²) in [7, 11) is 0. The zero-order valence-corrected chi connectivity index (χ0v) is 19.8. The zero-order valence-electron chi connectivity index (χ0n) is 19.0. The van der Waals surface area contributed by atoms with Crippen molar-refractivity contribution >= 4 is 22.4 Å². The number of carbonyl (C=O) groups excluding carboxylic acids is 1. The van der Waals surface area contributed by atoms with Gasteiger partial charge < -0.3 is 15.0 Å². The maximum atomic E-state index is 12.3. The highest BCUT2D eigenvalue weighted by atomic mass is 32.1. The van der Waals surface area contributed by atoms with Crippen LogP contribution in [0.4, 0.5) is 5.13 Å². The molecule has 0 saturated carbocycles. The molecule has 0 radical (unpaired) electrons. The first-order valence-electron chi connectivity index (χ1n) is 10.8. The number of aromatic nitrogens is 2. The number of rotatable bonds is 7. The fourth-order valence-electron chi connectivity index (χ4n) is 3.81. The first-order chi connectivity index (χ1) is 14.2. The Morgan fingerprint density at radius 2 is 1.83 bits per heavy atom. The predicted octanol–water partition coefficient (Wildman–Crippen LogP) is 4.49. The van der Waals surface area contributed by atoms with E-state index in [4.69, 9.17) is 9.72 Å². The zero-order chi connectivity index (χ0) is 21.8. The fraction of sp³-hybridized carbons (Fsp3) is 0.609. The Labute approximate surface area is 184 Å². The average molecular weight is 431 g/mol. The second-order valence-corrected chi connectivity index (χ2v) is 9.76. The van der Waals surface area contributed by atoms with Crippen molar-refractivity contribution in [2.45, 2.75) is 73.1 Å². The van der Waals surface area contributed by atoms with Crippen LogP contribution in [-0.2, 0) is 16.1 Å². The Bertz CT molecular complexity index is 850. The lowest BCUT2D eigenvalue weighted by atomic mass is 10.1. The van der Waals surface area contributed by atoms with Crippen molar-refractivity contribution in [2.75, 3.05) is 18.0 Å². The number of pyridine rings is 1. The van der Waals surface area contributed by atoms with Crippen molar-refractivity contribution in [1.29, 1.82) is 0 Å². The quantitative estimate of drug-likeness (QED) is 0.701. The van der Waals surface area contributed by atoms with Crippen LogP contribution < -0.4 is 10.2 Å². The molecule has 2 atom stereocenters. The number of ether oxygens (including phenoxy) is 1. The van der Waals surface area contributed by atoms with E-state index in [0.717, 1.165) is 52.2 Å². The van der Waals surface area contributed by atoms with E-state index in [-0.39, 0.29) is 18.1 Å². The first-order valence-corrected chi connectivity index (χ1v) is 11.7. The summed E-state index contributed by atoms with van der Waals surface area (Å²) in [4.78, 5) is 25.2. The van der Waals surface area contributed by atoms with E-state index < -0.39 is 0 Å². The minimum absolute atomic E-state index is 0.0832. The van der Waals surface area contributed by atoms with Crippen LogP contribution >= 0.6 is 11.3 Å². The maximum absolute atomic E-state index is 12.3. The maximum Gasteiger partial charge on any atom is 0.220 e. The van der Waals surface area contributed by atoms with E-state index in [1.807, 2.05) is 13.8 Å². The highest BCUT2D eigenvalue weighted by Crippen LogP contribution is 2.36. The lowest BCUT2D eigenvalue weighted by molar-refractivity contribution is -0.121. The molecule has 1 aliphatic heterocycles. The summed E-state index contributed by atoms with van der Waals surface area (Å²) in [6.07, 6.45) is 1.79. The van der Waals surface area contributed by atoms with Crippen molar-refractivity contribution in [3.05, 3.63) is 29.2 Å². The first kappa shape index (κ1) is 22.7. The summed E-state index contributed by atoms with van der Waals surface area (Å²) in [5.41, 5.74) is 4.01. The molecular weight excluding hydrogens is 396 g/mol. The van der Waals surface area contributed by atoms with E-state index in [2.05, 4.69) is 55.0 Å². The lowest BCUT2D eigenvalue weighted by Gasteiger charge is -2.35. The Balaban J connectivity index is 1.86.